The van der Waals surface area contributed by atoms with E-state index in [1.165, 1.54) is 0 Å². The van der Waals surface area contributed by atoms with Crippen molar-refractivity contribution in [1.82, 2.24) is 0 Å². The van der Waals surface area contributed by atoms with Crippen LogP contribution in [0.5, 0.6) is 5.75 Å². The number of rotatable bonds is 4. The molecule has 110 valence electrons. The Morgan fingerprint density at radius 1 is 1.10 bits per heavy atom. The zero-order valence-electron chi connectivity index (χ0n) is 12.5. The molecule has 1 aromatic carbocycles. The molecule has 1 aliphatic rings. The van der Waals surface area contributed by atoms with Crippen LogP contribution in [-0.4, -0.2) is 32.2 Å². The van der Waals surface area contributed by atoms with Gasteiger partial charge in [0.2, 0.25) is 0 Å². The number of benzene rings is 1. The van der Waals surface area contributed by atoms with Crippen LogP contribution in [0.25, 0.3) is 0 Å². The van der Waals surface area contributed by atoms with E-state index in [0.717, 1.165) is 5.46 Å². The van der Waals surface area contributed by atoms with E-state index in [2.05, 4.69) is 0 Å². The summed E-state index contributed by atoms with van der Waals surface area (Å²) in [5.41, 5.74) is 0.0726. The van der Waals surface area contributed by atoms with Crippen LogP contribution >= 0.6 is 11.6 Å². The fourth-order valence-electron chi connectivity index (χ4n) is 1.91. The third-order valence-corrected chi connectivity index (χ3v) is 3.98. The predicted octanol–water partition coefficient (Wildman–Crippen LogP) is 2.62. The Bertz CT molecular complexity index is 474. The molecule has 0 amide bonds. The van der Waals surface area contributed by atoms with Crippen LogP contribution in [-0.2, 0) is 14.0 Å². The van der Waals surface area contributed by atoms with E-state index in [1.807, 2.05) is 39.8 Å². The van der Waals surface area contributed by atoms with Gasteiger partial charge in [-0.3, -0.25) is 0 Å². The van der Waals surface area contributed by atoms with Crippen molar-refractivity contribution in [2.24, 2.45) is 0 Å². The largest absolute Gasteiger partial charge is 0.495 e. The molecule has 0 spiro atoms. The molecule has 0 aliphatic carbocycles. The number of methoxy groups -OCH3 is 1. The molecule has 0 radical (unpaired) electrons. The van der Waals surface area contributed by atoms with Gasteiger partial charge in [0.25, 0.3) is 0 Å². The van der Waals surface area contributed by atoms with Crippen molar-refractivity contribution in [3.05, 3.63) is 23.2 Å². The zero-order valence-corrected chi connectivity index (χ0v) is 13.3. The van der Waals surface area contributed by atoms with Gasteiger partial charge in [0.15, 0.2) is 6.79 Å². The minimum atomic E-state index is -0.455. The summed E-state index contributed by atoms with van der Waals surface area (Å²) in [6.07, 6.45) is 0. The maximum absolute atomic E-state index is 6.12. The average molecular weight is 299 g/mol. The Hall–Kier alpha value is -0.745. The van der Waals surface area contributed by atoms with E-state index in [0.29, 0.717) is 10.8 Å². The average Bonchev–Trinajstić information content (AvgIpc) is 2.55. The van der Waals surface area contributed by atoms with Crippen molar-refractivity contribution in [3.8, 4) is 5.75 Å². The molecule has 0 saturated carbocycles. The summed E-state index contributed by atoms with van der Waals surface area (Å²) < 4.78 is 22.3. The van der Waals surface area contributed by atoms with Gasteiger partial charge in [0.05, 0.1) is 11.2 Å². The third kappa shape index (κ3) is 3.12. The Morgan fingerprint density at radius 2 is 1.70 bits per heavy atom. The van der Waals surface area contributed by atoms with Crippen LogP contribution in [0.3, 0.4) is 0 Å². The van der Waals surface area contributed by atoms with E-state index < -0.39 is 7.12 Å². The molecule has 6 heteroatoms. The van der Waals surface area contributed by atoms with Crippen molar-refractivity contribution in [3.63, 3.8) is 0 Å². The second-order valence-corrected chi connectivity index (χ2v) is 6.30. The van der Waals surface area contributed by atoms with Gasteiger partial charge in [-0.25, -0.2) is 0 Å². The van der Waals surface area contributed by atoms with Crippen molar-refractivity contribution < 1.29 is 18.8 Å². The summed E-state index contributed by atoms with van der Waals surface area (Å²) in [6, 6.07) is 5.41. The van der Waals surface area contributed by atoms with Gasteiger partial charge in [0.1, 0.15) is 5.75 Å². The standard InChI is InChI=1S/C14H20BClO4/c1-13(2)14(3,4)20-15(19-13)10-6-11(16)8-12(7-10)18-9-17-5/h6-8H,9H2,1-5H3. The van der Waals surface area contributed by atoms with Crippen LogP contribution in [0.2, 0.25) is 5.02 Å². The van der Waals surface area contributed by atoms with E-state index in [1.54, 1.807) is 13.2 Å². The first-order valence-electron chi connectivity index (χ1n) is 6.53. The first kappa shape index (κ1) is 15.6. The van der Waals surface area contributed by atoms with Crippen LogP contribution in [0.4, 0.5) is 0 Å². The second kappa shape index (κ2) is 5.56. The molecule has 4 nitrogen and oxygen atoms in total. The van der Waals surface area contributed by atoms with Crippen molar-refractivity contribution in [2.75, 3.05) is 13.9 Å². The number of ether oxygens (including phenoxy) is 2. The van der Waals surface area contributed by atoms with E-state index in [9.17, 15) is 0 Å². The highest BCUT2D eigenvalue weighted by Crippen LogP contribution is 2.36. The van der Waals surface area contributed by atoms with E-state index in [4.69, 9.17) is 30.4 Å². The molecule has 1 fully saturated rings. The van der Waals surface area contributed by atoms with Crippen molar-refractivity contribution in [1.29, 1.82) is 0 Å². The number of halogens is 1. The number of hydrogen-bond acceptors (Lipinski definition) is 4. The smallest absolute Gasteiger partial charge is 0.468 e. The lowest BCUT2D eigenvalue weighted by Crippen LogP contribution is -2.41. The van der Waals surface area contributed by atoms with Gasteiger partial charge >= 0.3 is 7.12 Å². The van der Waals surface area contributed by atoms with Gasteiger partial charge in [-0.05, 0) is 51.4 Å². The minimum Gasteiger partial charge on any atom is -0.468 e. The minimum absolute atomic E-state index is 0.170. The van der Waals surface area contributed by atoms with Crippen LogP contribution in [0, 0.1) is 0 Å². The monoisotopic (exact) mass is 298 g/mol. The van der Waals surface area contributed by atoms with Gasteiger partial charge in [-0.15, -0.1) is 0 Å². The Labute approximate surface area is 125 Å². The zero-order chi connectivity index (χ0) is 15.0. The molecule has 1 aliphatic heterocycles. The molecule has 1 aromatic rings. The van der Waals surface area contributed by atoms with E-state index >= 15 is 0 Å². The summed E-state index contributed by atoms with van der Waals surface area (Å²) in [5, 5.41) is 0.573. The molecule has 0 bridgehead atoms. The normalized spacial score (nSPS) is 20.2. The summed E-state index contributed by atoms with van der Waals surface area (Å²) in [4.78, 5) is 0. The molecule has 2 rings (SSSR count). The highest BCUT2D eigenvalue weighted by Gasteiger charge is 2.51. The maximum Gasteiger partial charge on any atom is 0.495 e. The molecular weight excluding hydrogens is 278 g/mol. The summed E-state index contributed by atoms with van der Waals surface area (Å²) in [5.74, 6) is 0.629. The van der Waals surface area contributed by atoms with E-state index in [-0.39, 0.29) is 18.0 Å². The molecule has 0 N–H and O–H groups in total. The Balaban J connectivity index is 2.23. The summed E-state index contributed by atoms with van der Waals surface area (Å²) in [6.45, 7) is 8.22. The predicted molar refractivity (Wildman–Crippen MR) is 79.7 cm³/mol. The fourth-order valence-corrected chi connectivity index (χ4v) is 2.14. The molecule has 1 saturated heterocycles. The molecular formula is C14H20BClO4. The molecule has 20 heavy (non-hydrogen) atoms. The van der Waals surface area contributed by atoms with Crippen molar-refractivity contribution >= 4 is 24.2 Å². The van der Waals surface area contributed by atoms with Crippen LogP contribution < -0.4 is 10.2 Å². The SMILES string of the molecule is COCOc1cc(Cl)cc(B2OC(C)(C)C(C)(C)O2)c1. The van der Waals surface area contributed by atoms with Gasteiger partial charge < -0.3 is 18.8 Å². The molecule has 0 atom stereocenters. The molecule has 0 unspecified atom stereocenters. The summed E-state index contributed by atoms with van der Waals surface area (Å²) in [7, 11) is 1.11. The highest BCUT2D eigenvalue weighted by molar-refractivity contribution is 6.62. The Morgan fingerprint density at radius 3 is 2.25 bits per heavy atom. The molecule has 1 heterocycles. The topological polar surface area (TPSA) is 36.9 Å². The van der Waals surface area contributed by atoms with Crippen LogP contribution in [0.1, 0.15) is 27.7 Å². The Kier molecular flexibility index (Phi) is 4.35. The summed E-state index contributed by atoms with van der Waals surface area (Å²) >= 11 is 6.12. The lowest BCUT2D eigenvalue weighted by atomic mass is 9.79. The maximum atomic E-state index is 6.12. The lowest BCUT2D eigenvalue weighted by Gasteiger charge is -2.32. The molecule has 0 aromatic heterocycles. The lowest BCUT2D eigenvalue weighted by molar-refractivity contribution is 0.00578. The third-order valence-electron chi connectivity index (χ3n) is 3.76. The second-order valence-electron chi connectivity index (χ2n) is 5.86. The number of hydrogen-bond donors (Lipinski definition) is 0. The van der Waals surface area contributed by atoms with Crippen molar-refractivity contribution in [2.45, 2.75) is 38.9 Å². The quantitative estimate of drug-likeness (QED) is 0.632. The highest BCUT2D eigenvalue weighted by atomic mass is 35.5. The first-order valence-corrected chi connectivity index (χ1v) is 6.91. The van der Waals surface area contributed by atoms with Gasteiger partial charge in [-0.1, -0.05) is 11.6 Å². The van der Waals surface area contributed by atoms with Crippen LogP contribution in [0.15, 0.2) is 18.2 Å². The van der Waals surface area contributed by atoms with Gasteiger partial charge in [0, 0.05) is 12.1 Å². The van der Waals surface area contributed by atoms with Gasteiger partial charge in [-0.2, -0.15) is 0 Å². The fraction of sp³-hybridized carbons (Fsp3) is 0.571. The first-order chi connectivity index (χ1) is 9.25.